The molecule has 0 bridgehead atoms. The third-order valence-corrected chi connectivity index (χ3v) is 2.14. The van der Waals surface area contributed by atoms with E-state index in [1.54, 1.807) is 12.1 Å². The summed E-state index contributed by atoms with van der Waals surface area (Å²) in [6.45, 7) is 1.85. The minimum Gasteiger partial charge on any atom is -0.397 e. The second-order valence-electron chi connectivity index (χ2n) is 3.35. The Morgan fingerprint density at radius 2 is 2.38 bits per heavy atom. The Hall–Kier alpha value is -2.37. The van der Waals surface area contributed by atoms with Gasteiger partial charge in [0.2, 0.25) is 0 Å². The van der Waals surface area contributed by atoms with Gasteiger partial charge in [-0.25, -0.2) is 4.98 Å². The average Bonchev–Trinajstić information content (AvgIpc) is 2.77. The van der Waals surface area contributed by atoms with Gasteiger partial charge in [-0.1, -0.05) is 0 Å². The van der Waals surface area contributed by atoms with Crippen molar-refractivity contribution >= 4 is 17.4 Å². The fourth-order valence-electron chi connectivity index (χ4n) is 1.20. The summed E-state index contributed by atoms with van der Waals surface area (Å²) >= 11 is 0. The van der Waals surface area contributed by atoms with E-state index in [0.717, 1.165) is 5.56 Å². The highest BCUT2D eigenvalue weighted by Gasteiger charge is 2.08. The molecule has 6 nitrogen and oxygen atoms in total. The van der Waals surface area contributed by atoms with Crippen molar-refractivity contribution in [3.63, 3.8) is 0 Å². The lowest BCUT2D eigenvalue weighted by molar-refractivity contribution is 0.102. The van der Waals surface area contributed by atoms with Gasteiger partial charge in [0.1, 0.15) is 11.5 Å². The second kappa shape index (κ2) is 4.01. The number of hydrogen-bond donors (Lipinski definition) is 3. The minimum absolute atomic E-state index is 0.283. The number of aryl methyl sites for hydroxylation is 1. The van der Waals surface area contributed by atoms with Crippen LogP contribution in [0.2, 0.25) is 0 Å². The Labute approximate surface area is 91.9 Å². The Morgan fingerprint density at radius 3 is 3.00 bits per heavy atom. The lowest BCUT2D eigenvalue weighted by atomic mass is 10.2. The van der Waals surface area contributed by atoms with Crippen LogP contribution in [-0.2, 0) is 0 Å². The van der Waals surface area contributed by atoms with Gasteiger partial charge in [-0.05, 0) is 24.6 Å². The Balaban J connectivity index is 2.15. The number of amides is 1. The fraction of sp³-hybridized carbons (Fsp3) is 0.100. The van der Waals surface area contributed by atoms with Crippen LogP contribution in [0.5, 0.6) is 0 Å². The first-order valence-electron chi connectivity index (χ1n) is 4.69. The van der Waals surface area contributed by atoms with Crippen LogP contribution in [0.3, 0.4) is 0 Å². The standard InChI is InChI=1S/C10H11N5O/c1-6-4-9(12-5-7(6)11)14-10(16)8-2-3-13-15-8/h2-5H,11H2,1H3,(H,13,15)(H,12,14,16). The van der Waals surface area contributed by atoms with Crippen molar-refractivity contribution in [1.82, 2.24) is 15.2 Å². The van der Waals surface area contributed by atoms with Gasteiger partial charge in [0, 0.05) is 6.20 Å². The van der Waals surface area contributed by atoms with Crippen molar-refractivity contribution in [1.29, 1.82) is 0 Å². The summed E-state index contributed by atoms with van der Waals surface area (Å²) in [5.41, 5.74) is 7.48. The molecule has 0 radical (unpaired) electrons. The molecule has 6 heteroatoms. The van der Waals surface area contributed by atoms with Gasteiger partial charge >= 0.3 is 0 Å². The van der Waals surface area contributed by atoms with Crippen LogP contribution in [0.4, 0.5) is 11.5 Å². The Morgan fingerprint density at radius 1 is 1.56 bits per heavy atom. The molecule has 1 amide bonds. The number of nitrogen functional groups attached to an aromatic ring is 1. The predicted octanol–water partition coefficient (Wildman–Crippen LogP) is 0.948. The van der Waals surface area contributed by atoms with Crippen LogP contribution in [0.1, 0.15) is 16.1 Å². The van der Waals surface area contributed by atoms with Crippen LogP contribution in [0.25, 0.3) is 0 Å². The zero-order chi connectivity index (χ0) is 11.5. The maximum absolute atomic E-state index is 11.6. The van der Waals surface area contributed by atoms with E-state index < -0.39 is 0 Å². The number of H-pyrrole nitrogens is 1. The van der Waals surface area contributed by atoms with E-state index in [1.807, 2.05) is 6.92 Å². The van der Waals surface area contributed by atoms with E-state index in [4.69, 9.17) is 5.73 Å². The number of carbonyl (C=O) groups is 1. The molecule has 2 aromatic heterocycles. The van der Waals surface area contributed by atoms with E-state index in [-0.39, 0.29) is 5.91 Å². The van der Waals surface area contributed by atoms with Gasteiger partial charge < -0.3 is 11.1 Å². The maximum atomic E-state index is 11.6. The van der Waals surface area contributed by atoms with Crippen molar-refractivity contribution in [3.05, 3.63) is 35.8 Å². The van der Waals surface area contributed by atoms with Gasteiger partial charge in [-0.2, -0.15) is 5.10 Å². The zero-order valence-electron chi connectivity index (χ0n) is 8.69. The first kappa shape index (κ1) is 10.2. The van der Waals surface area contributed by atoms with Crippen molar-refractivity contribution in [2.24, 2.45) is 0 Å². The summed E-state index contributed by atoms with van der Waals surface area (Å²) in [6.07, 6.45) is 3.02. The predicted molar refractivity (Wildman–Crippen MR) is 59.9 cm³/mol. The summed E-state index contributed by atoms with van der Waals surface area (Å²) < 4.78 is 0. The Bertz CT molecular complexity index is 506. The highest BCUT2D eigenvalue weighted by molar-refractivity contribution is 6.02. The lowest BCUT2D eigenvalue weighted by Gasteiger charge is -2.04. The van der Waals surface area contributed by atoms with Crippen LogP contribution < -0.4 is 11.1 Å². The lowest BCUT2D eigenvalue weighted by Crippen LogP contribution is -2.13. The van der Waals surface area contributed by atoms with E-state index in [0.29, 0.717) is 17.2 Å². The SMILES string of the molecule is Cc1cc(NC(=O)c2ccn[nH]2)ncc1N. The van der Waals surface area contributed by atoms with E-state index in [9.17, 15) is 4.79 Å². The number of nitrogens with zero attached hydrogens (tertiary/aromatic N) is 2. The number of pyridine rings is 1. The molecule has 0 unspecified atom stereocenters. The summed E-state index contributed by atoms with van der Waals surface area (Å²) in [5, 5.41) is 8.89. The molecule has 2 rings (SSSR count). The van der Waals surface area contributed by atoms with E-state index in [1.165, 1.54) is 12.4 Å². The number of nitrogens with two attached hydrogens (primary N) is 1. The number of rotatable bonds is 2. The summed E-state index contributed by atoms with van der Waals surface area (Å²) in [5.74, 6) is 0.181. The average molecular weight is 217 g/mol. The van der Waals surface area contributed by atoms with E-state index in [2.05, 4.69) is 20.5 Å². The van der Waals surface area contributed by atoms with Gasteiger partial charge in [-0.15, -0.1) is 0 Å². The Kier molecular flexibility index (Phi) is 2.55. The molecule has 0 saturated carbocycles. The van der Waals surface area contributed by atoms with E-state index >= 15 is 0 Å². The monoisotopic (exact) mass is 217 g/mol. The van der Waals surface area contributed by atoms with Crippen molar-refractivity contribution in [2.45, 2.75) is 6.92 Å². The normalized spacial score (nSPS) is 10.1. The molecule has 82 valence electrons. The molecule has 0 saturated heterocycles. The molecule has 16 heavy (non-hydrogen) atoms. The molecule has 2 aromatic rings. The fourth-order valence-corrected chi connectivity index (χ4v) is 1.20. The smallest absolute Gasteiger partial charge is 0.274 e. The molecule has 0 atom stereocenters. The summed E-state index contributed by atoms with van der Waals surface area (Å²) in [6, 6.07) is 3.29. The van der Waals surface area contributed by atoms with Gasteiger partial charge in [0.15, 0.2) is 0 Å². The third-order valence-electron chi connectivity index (χ3n) is 2.14. The number of carbonyl (C=O) groups excluding carboxylic acids is 1. The number of nitrogens with one attached hydrogen (secondary N) is 2. The quantitative estimate of drug-likeness (QED) is 0.697. The van der Waals surface area contributed by atoms with Gasteiger partial charge in [-0.3, -0.25) is 9.89 Å². The second-order valence-corrected chi connectivity index (χ2v) is 3.35. The van der Waals surface area contributed by atoms with Gasteiger partial charge in [0.25, 0.3) is 5.91 Å². The highest BCUT2D eigenvalue weighted by Crippen LogP contribution is 2.13. The topological polar surface area (TPSA) is 96.7 Å². The molecule has 0 aliphatic heterocycles. The zero-order valence-corrected chi connectivity index (χ0v) is 8.69. The largest absolute Gasteiger partial charge is 0.397 e. The van der Waals surface area contributed by atoms with Crippen molar-refractivity contribution < 1.29 is 4.79 Å². The highest BCUT2D eigenvalue weighted by atomic mass is 16.2. The number of aromatic amines is 1. The molecule has 0 aliphatic rings. The first-order valence-corrected chi connectivity index (χ1v) is 4.69. The minimum atomic E-state index is -0.283. The third kappa shape index (κ3) is 2.00. The summed E-state index contributed by atoms with van der Waals surface area (Å²) in [7, 11) is 0. The van der Waals surface area contributed by atoms with Crippen LogP contribution >= 0.6 is 0 Å². The molecule has 0 aliphatic carbocycles. The number of aromatic nitrogens is 3. The van der Waals surface area contributed by atoms with Crippen LogP contribution in [-0.4, -0.2) is 21.1 Å². The molecular weight excluding hydrogens is 206 g/mol. The molecule has 0 aromatic carbocycles. The maximum Gasteiger partial charge on any atom is 0.274 e. The van der Waals surface area contributed by atoms with Crippen LogP contribution in [0.15, 0.2) is 24.5 Å². The number of anilines is 2. The first-order chi connectivity index (χ1) is 7.66. The molecule has 0 fully saturated rings. The van der Waals surface area contributed by atoms with Crippen LogP contribution in [0, 0.1) is 6.92 Å². The molecular formula is C10H11N5O. The molecule has 0 spiro atoms. The number of hydrogen-bond acceptors (Lipinski definition) is 4. The molecule has 2 heterocycles. The van der Waals surface area contributed by atoms with Gasteiger partial charge in [0.05, 0.1) is 11.9 Å². The van der Waals surface area contributed by atoms with Crippen molar-refractivity contribution in [2.75, 3.05) is 11.1 Å². The van der Waals surface area contributed by atoms with Crippen molar-refractivity contribution in [3.8, 4) is 0 Å². The molecule has 4 N–H and O–H groups in total. The summed E-state index contributed by atoms with van der Waals surface area (Å²) in [4.78, 5) is 15.6.